The average Bonchev–Trinajstić information content (AvgIpc) is 2.64. The first kappa shape index (κ1) is 11.6. The van der Waals surface area contributed by atoms with Crippen molar-refractivity contribution in [1.82, 2.24) is 4.90 Å². The van der Waals surface area contributed by atoms with Gasteiger partial charge in [0.05, 0.1) is 0 Å². The van der Waals surface area contributed by atoms with E-state index in [1.54, 1.807) is 9.80 Å². The first-order chi connectivity index (χ1) is 7.29. The lowest BCUT2D eigenvalue weighted by molar-refractivity contribution is 0.229. The van der Waals surface area contributed by atoms with Gasteiger partial charge in [-0.1, -0.05) is 32.0 Å². The quantitative estimate of drug-likeness (QED) is 0.692. The molecular formula is C12H18N2O. The molecule has 15 heavy (non-hydrogen) atoms. The van der Waals surface area contributed by atoms with Crippen LogP contribution in [-0.4, -0.2) is 31.1 Å². The van der Waals surface area contributed by atoms with E-state index in [4.69, 9.17) is 0 Å². The minimum Gasteiger partial charge on any atom is -0.326 e. The van der Waals surface area contributed by atoms with Gasteiger partial charge in [0.2, 0.25) is 0 Å². The van der Waals surface area contributed by atoms with Crippen LogP contribution in [0.3, 0.4) is 0 Å². The summed E-state index contributed by atoms with van der Waals surface area (Å²) in [5.41, 5.74) is 0.983. The highest BCUT2D eigenvalue weighted by Crippen LogP contribution is 2.18. The fraction of sp³-hybridized carbons (Fsp3) is 0.417. The van der Waals surface area contributed by atoms with E-state index in [1.165, 1.54) is 0 Å². The SMILES string of the molecule is CC.CN1CCN(c2ccccc2)C1=O. The Hall–Kier alpha value is -1.51. The summed E-state index contributed by atoms with van der Waals surface area (Å²) in [6.45, 7) is 5.60. The Balaban J connectivity index is 0.000000531. The van der Waals surface area contributed by atoms with Gasteiger partial charge in [0, 0.05) is 25.8 Å². The van der Waals surface area contributed by atoms with Crippen LogP contribution in [0.25, 0.3) is 0 Å². The molecule has 0 unspecified atom stereocenters. The van der Waals surface area contributed by atoms with Crippen molar-refractivity contribution in [2.75, 3.05) is 25.0 Å². The molecular weight excluding hydrogens is 188 g/mol. The number of benzene rings is 1. The number of hydrogen-bond acceptors (Lipinski definition) is 1. The summed E-state index contributed by atoms with van der Waals surface area (Å²) in [7, 11) is 1.82. The number of hydrogen-bond donors (Lipinski definition) is 0. The second-order valence-electron chi connectivity index (χ2n) is 3.19. The molecule has 3 nitrogen and oxygen atoms in total. The first-order valence-electron chi connectivity index (χ1n) is 5.37. The fourth-order valence-electron chi connectivity index (χ4n) is 1.49. The number of carbonyl (C=O) groups is 1. The molecule has 1 aromatic rings. The first-order valence-corrected chi connectivity index (χ1v) is 5.37. The molecule has 0 aliphatic carbocycles. The third kappa shape index (κ3) is 2.49. The summed E-state index contributed by atoms with van der Waals surface area (Å²) in [4.78, 5) is 15.1. The van der Waals surface area contributed by atoms with Crippen LogP contribution in [0.5, 0.6) is 0 Å². The summed E-state index contributed by atoms with van der Waals surface area (Å²) in [6, 6.07) is 9.84. The topological polar surface area (TPSA) is 23.6 Å². The molecule has 1 aliphatic heterocycles. The second kappa shape index (κ2) is 5.39. The molecule has 0 saturated carbocycles. The zero-order valence-electron chi connectivity index (χ0n) is 9.60. The smallest absolute Gasteiger partial charge is 0.324 e. The Morgan fingerprint density at radius 1 is 1.07 bits per heavy atom. The molecule has 1 fully saturated rings. The van der Waals surface area contributed by atoms with Crippen LogP contribution < -0.4 is 4.90 Å². The van der Waals surface area contributed by atoms with Gasteiger partial charge in [-0.3, -0.25) is 4.90 Å². The van der Waals surface area contributed by atoms with Crippen molar-refractivity contribution in [3.8, 4) is 0 Å². The minimum atomic E-state index is 0.0891. The predicted octanol–water partition coefficient (Wildman–Crippen LogP) is 2.58. The van der Waals surface area contributed by atoms with E-state index >= 15 is 0 Å². The molecule has 82 valence electrons. The highest BCUT2D eigenvalue weighted by Gasteiger charge is 2.25. The van der Waals surface area contributed by atoms with E-state index in [0.29, 0.717) is 0 Å². The van der Waals surface area contributed by atoms with Gasteiger partial charge in [-0.25, -0.2) is 4.79 Å². The summed E-state index contributed by atoms with van der Waals surface area (Å²) >= 11 is 0. The largest absolute Gasteiger partial charge is 0.326 e. The maximum Gasteiger partial charge on any atom is 0.324 e. The molecule has 0 spiro atoms. The molecule has 0 radical (unpaired) electrons. The summed E-state index contributed by atoms with van der Waals surface area (Å²) in [5.74, 6) is 0. The number of urea groups is 1. The number of rotatable bonds is 1. The van der Waals surface area contributed by atoms with Crippen molar-refractivity contribution in [2.45, 2.75) is 13.8 Å². The van der Waals surface area contributed by atoms with E-state index in [9.17, 15) is 4.79 Å². The molecule has 1 aromatic carbocycles. The second-order valence-corrected chi connectivity index (χ2v) is 3.19. The minimum absolute atomic E-state index is 0.0891. The maximum atomic E-state index is 11.6. The zero-order chi connectivity index (χ0) is 11.3. The molecule has 2 amide bonds. The van der Waals surface area contributed by atoms with Crippen molar-refractivity contribution < 1.29 is 4.79 Å². The van der Waals surface area contributed by atoms with Crippen LogP contribution >= 0.6 is 0 Å². The lowest BCUT2D eigenvalue weighted by Gasteiger charge is -2.15. The Labute approximate surface area is 91.3 Å². The molecule has 0 aromatic heterocycles. The van der Waals surface area contributed by atoms with Crippen LogP contribution in [0, 0.1) is 0 Å². The van der Waals surface area contributed by atoms with Gasteiger partial charge in [0.15, 0.2) is 0 Å². The lowest BCUT2D eigenvalue weighted by Crippen LogP contribution is -2.28. The number of likely N-dealkylation sites (N-methyl/N-ethyl adjacent to an activating group) is 1. The van der Waals surface area contributed by atoms with Crippen LogP contribution in [-0.2, 0) is 0 Å². The van der Waals surface area contributed by atoms with Gasteiger partial charge in [0.1, 0.15) is 0 Å². The monoisotopic (exact) mass is 206 g/mol. The van der Waals surface area contributed by atoms with Gasteiger partial charge in [-0.2, -0.15) is 0 Å². The van der Waals surface area contributed by atoms with Crippen molar-refractivity contribution >= 4 is 11.7 Å². The van der Waals surface area contributed by atoms with Crippen molar-refractivity contribution in [1.29, 1.82) is 0 Å². The lowest BCUT2D eigenvalue weighted by atomic mass is 10.3. The molecule has 1 saturated heterocycles. The number of nitrogens with zero attached hydrogens (tertiary/aromatic N) is 2. The average molecular weight is 206 g/mol. The maximum absolute atomic E-state index is 11.6. The molecule has 0 atom stereocenters. The van der Waals surface area contributed by atoms with E-state index in [0.717, 1.165) is 18.8 Å². The van der Waals surface area contributed by atoms with Crippen LogP contribution in [0.4, 0.5) is 10.5 Å². The third-order valence-corrected chi connectivity index (χ3v) is 2.28. The van der Waals surface area contributed by atoms with Crippen molar-refractivity contribution in [2.24, 2.45) is 0 Å². The summed E-state index contributed by atoms with van der Waals surface area (Å²) in [5, 5.41) is 0. The number of amides is 2. The van der Waals surface area contributed by atoms with E-state index < -0.39 is 0 Å². The van der Waals surface area contributed by atoms with Gasteiger partial charge < -0.3 is 4.90 Å². The summed E-state index contributed by atoms with van der Waals surface area (Å²) < 4.78 is 0. The van der Waals surface area contributed by atoms with E-state index in [2.05, 4.69) is 0 Å². The Bertz CT molecular complexity index is 311. The van der Waals surface area contributed by atoms with Gasteiger partial charge in [-0.05, 0) is 12.1 Å². The van der Waals surface area contributed by atoms with Gasteiger partial charge >= 0.3 is 6.03 Å². The van der Waals surface area contributed by atoms with Gasteiger partial charge in [-0.15, -0.1) is 0 Å². The van der Waals surface area contributed by atoms with Crippen LogP contribution in [0.1, 0.15) is 13.8 Å². The number of carbonyl (C=O) groups excluding carboxylic acids is 1. The molecule has 2 rings (SSSR count). The number of para-hydroxylation sites is 1. The van der Waals surface area contributed by atoms with Crippen LogP contribution in [0.15, 0.2) is 30.3 Å². The third-order valence-electron chi connectivity index (χ3n) is 2.28. The zero-order valence-corrected chi connectivity index (χ0v) is 9.60. The molecule has 3 heteroatoms. The fourth-order valence-corrected chi connectivity index (χ4v) is 1.49. The Morgan fingerprint density at radius 3 is 2.13 bits per heavy atom. The standard InChI is InChI=1S/C10H12N2O.C2H6/c1-11-7-8-12(10(11)13)9-5-3-2-4-6-9;1-2/h2-6H,7-8H2,1H3;1-2H3. The van der Waals surface area contributed by atoms with E-state index in [1.807, 2.05) is 51.2 Å². The molecule has 0 bridgehead atoms. The van der Waals surface area contributed by atoms with Crippen molar-refractivity contribution in [3.63, 3.8) is 0 Å². The summed E-state index contributed by atoms with van der Waals surface area (Å²) in [6.07, 6.45) is 0. The van der Waals surface area contributed by atoms with E-state index in [-0.39, 0.29) is 6.03 Å². The van der Waals surface area contributed by atoms with Crippen molar-refractivity contribution in [3.05, 3.63) is 30.3 Å². The number of anilines is 1. The Kier molecular flexibility index (Phi) is 4.16. The van der Waals surface area contributed by atoms with Crippen LogP contribution in [0.2, 0.25) is 0 Å². The normalized spacial score (nSPS) is 15.0. The predicted molar refractivity (Wildman–Crippen MR) is 63.2 cm³/mol. The van der Waals surface area contributed by atoms with Gasteiger partial charge in [0.25, 0.3) is 0 Å². The molecule has 1 aliphatic rings. The Morgan fingerprint density at radius 2 is 1.67 bits per heavy atom. The molecule has 0 N–H and O–H groups in total. The highest BCUT2D eigenvalue weighted by atomic mass is 16.2. The highest BCUT2D eigenvalue weighted by molar-refractivity contribution is 5.93. The molecule has 1 heterocycles.